The van der Waals surface area contributed by atoms with Gasteiger partial charge in [-0.3, -0.25) is 4.79 Å². The van der Waals surface area contributed by atoms with E-state index in [0.717, 1.165) is 22.6 Å². The van der Waals surface area contributed by atoms with Gasteiger partial charge >= 0.3 is 0 Å². The minimum Gasteiger partial charge on any atom is -0.497 e. The van der Waals surface area contributed by atoms with Gasteiger partial charge in [0.2, 0.25) is 0 Å². The van der Waals surface area contributed by atoms with Crippen LogP contribution in [0.2, 0.25) is 5.02 Å². The van der Waals surface area contributed by atoms with Crippen LogP contribution in [0.3, 0.4) is 0 Å². The fraction of sp³-hybridized carbons (Fsp3) is 0.200. The number of nitrogens with zero attached hydrogens (tertiary/aromatic N) is 2. The summed E-state index contributed by atoms with van der Waals surface area (Å²) in [6.07, 6.45) is 0.701. The molecule has 0 fully saturated rings. The summed E-state index contributed by atoms with van der Waals surface area (Å²) in [6, 6.07) is 14.7. The van der Waals surface area contributed by atoms with Crippen molar-refractivity contribution < 1.29 is 14.1 Å². The highest BCUT2D eigenvalue weighted by atomic mass is 35.5. The lowest BCUT2D eigenvalue weighted by atomic mass is 10.00. The number of hydrogen-bond acceptors (Lipinski definition) is 4. The van der Waals surface area contributed by atoms with Crippen molar-refractivity contribution in [3.8, 4) is 17.1 Å². The fourth-order valence-corrected chi connectivity index (χ4v) is 3.30. The first-order chi connectivity index (χ1) is 12.7. The third-order valence-corrected chi connectivity index (χ3v) is 4.80. The quantitative estimate of drug-likeness (QED) is 0.695. The zero-order valence-electron chi connectivity index (χ0n) is 14.2. The molecule has 0 unspecified atom stereocenters. The second kappa shape index (κ2) is 6.84. The highest BCUT2D eigenvalue weighted by Gasteiger charge is 2.27. The Labute approximate surface area is 156 Å². The van der Waals surface area contributed by atoms with Crippen LogP contribution < -0.4 is 4.74 Å². The van der Waals surface area contributed by atoms with Crippen molar-refractivity contribution in [3.63, 3.8) is 0 Å². The van der Waals surface area contributed by atoms with Gasteiger partial charge < -0.3 is 14.2 Å². The number of benzene rings is 2. The Morgan fingerprint density at radius 1 is 1.23 bits per heavy atom. The number of rotatable bonds is 3. The van der Waals surface area contributed by atoms with Crippen LogP contribution in [0.25, 0.3) is 11.3 Å². The van der Waals surface area contributed by atoms with Crippen molar-refractivity contribution in [2.24, 2.45) is 0 Å². The van der Waals surface area contributed by atoms with Crippen LogP contribution in [0.1, 0.15) is 21.6 Å². The predicted molar refractivity (Wildman–Crippen MR) is 98.4 cm³/mol. The Kier molecular flexibility index (Phi) is 4.39. The number of fused-ring (bicyclic) bond motifs is 1. The van der Waals surface area contributed by atoms with E-state index in [9.17, 15) is 4.79 Å². The molecule has 0 radical (unpaired) electrons. The topological polar surface area (TPSA) is 55.6 Å². The molecule has 1 aromatic heterocycles. The van der Waals surface area contributed by atoms with Crippen molar-refractivity contribution in [3.05, 3.63) is 70.4 Å². The average Bonchev–Trinajstić information content (AvgIpc) is 3.11. The van der Waals surface area contributed by atoms with E-state index >= 15 is 0 Å². The molecule has 0 saturated carbocycles. The summed E-state index contributed by atoms with van der Waals surface area (Å²) in [5.41, 5.74) is 3.41. The Hall–Kier alpha value is -2.79. The molecule has 0 bridgehead atoms. The van der Waals surface area contributed by atoms with Gasteiger partial charge in [0.25, 0.3) is 5.91 Å². The van der Waals surface area contributed by atoms with Crippen molar-refractivity contribution in [1.82, 2.24) is 10.1 Å². The third-order valence-electron chi connectivity index (χ3n) is 4.55. The summed E-state index contributed by atoms with van der Waals surface area (Å²) >= 11 is 5.95. The van der Waals surface area contributed by atoms with Gasteiger partial charge in [0.05, 0.1) is 13.7 Å². The van der Waals surface area contributed by atoms with Crippen molar-refractivity contribution in [2.75, 3.05) is 13.7 Å². The maximum atomic E-state index is 12.8. The van der Waals surface area contributed by atoms with Crippen molar-refractivity contribution in [1.29, 1.82) is 0 Å². The fourth-order valence-electron chi connectivity index (χ4n) is 3.17. The van der Waals surface area contributed by atoms with Gasteiger partial charge in [0.15, 0.2) is 5.76 Å². The molecule has 0 saturated heterocycles. The molecule has 26 heavy (non-hydrogen) atoms. The molecule has 6 heteroatoms. The van der Waals surface area contributed by atoms with Gasteiger partial charge in [-0.25, -0.2) is 0 Å². The molecule has 3 aromatic rings. The van der Waals surface area contributed by atoms with Crippen molar-refractivity contribution >= 4 is 17.5 Å². The first kappa shape index (κ1) is 16.7. The molecule has 4 rings (SSSR count). The minimum absolute atomic E-state index is 0.0365. The molecule has 0 N–H and O–H groups in total. The average molecular weight is 369 g/mol. The molecule has 132 valence electrons. The molecular weight excluding hydrogens is 352 g/mol. The number of amides is 1. The van der Waals surface area contributed by atoms with Crippen LogP contribution in [-0.4, -0.2) is 29.6 Å². The molecule has 1 amide bonds. The Balaban J connectivity index is 1.57. The van der Waals surface area contributed by atoms with E-state index in [0.29, 0.717) is 35.8 Å². The first-order valence-corrected chi connectivity index (χ1v) is 8.70. The van der Waals surface area contributed by atoms with E-state index in [1.54, 1.807) is 24.1 Å². The van der Waals surface area contributed by atoms with Crippen LogP contribution in [-0.2, 0) is 13.0 Å². The minimum atomic E-state index is -0.0365. The third kappa shape index (κ3) is 3.06. The van der Waals surface area contributed by atoms with E-state index < -0.39 is 0 Å². The zero-order chi connectivity index (χ0) is 18.1. The summed E-state index contributed by atoms with van der Waals surface area (Å²) in [4.78, 5) is 14.6. The summed E-state index contributed by atoms with van der Waals surface area (Å²) in [5.74, 6) is 1.38. The number of methoxy groups -OCH3 is 1. The van der Waals surface area contributed by atoms with Gasteiger partial charge in [-0.05, 0) is 48.9 Å². The molecule has 1 aliphatic rings. The molecule has 0 spiro atoms. The van der Waals surface area contributed by atoms with E-state index in [1.807, 2.05) is 36.4 Å². The van der Waals surface area contributed by atoms with E-state index in [-0.39, 0.29) is 5.91 Å². The maximum absolute atomic E-state index is 12.8. The lowest BCUT2D eigenvalue weighted by Gasteiger charge is -2.26. The molecule has 2 heterocycles. The lowest BCUT2D eigenvalue weighted by molar-refractivity contribution is 0.0731. The summed E-state index contributed by atoms with van der Waals surface area (Å²) in [7, 11) is 1.59. The predicted octanol–water partition coefficient (Wildman–Crippen LogP) is 4.20. The van der Waals surface area contributed by atoms with Gasteiger partial charge in [-0.15, -0.1) is 0 Å². The van der Waals surface area contributed by atoms with Crippen LogP contribution >= 0.6 is 11.6 Å². The monoisotopic (exact) mass is 368 g/mol. The number of ether oxygens (including phenoxy) is 1. The highest BCUT2D eigenvalue weighted by molar-refractivity contribution is 6.30. The largest absolute Gasteiger partial charge is 0.497 e. The number of aromatic nitrogens is 1. The smallest absolute Gasteiger partial charge is 0.254 e. The van der Waals surface area contributed by atoms with Crippen LogP contribution in [0.15, 0.2) is 53.1 Å². The van der Waals surface area contributed by atoms with Gasteiger partial charge in [0.1, 0.15) is 11.4 Å². The van der Waals surface area contributed by atoms with Gasteiger partial charge in [-0.2, -0.15) is 0 Å². The standard InChI is InChI=1S/C20H17ClN2O3/c1-25-16-4-2-3-14(11-16)20(24)23-10-9-17-18(12-23)22-26-19(17)13-5-7-15(21)8-6-13/h2-8,11H,9-10,12H2,1H3. The molecule has 0 aliphatic carbocycles. The number of carbonyl (C=O) groups excluding carboxylic acids is 1. The van der Waals surface area contributed by atoms with E-state index in [4.69, 9.17) is 20.9 Å². The van der Waals surface area contributed by atoms with Crippen LogP contribution in [0.4, 0.5) is 0 Å². The number of carbonyl (C=O) groups is 1. The molecule has 1 aliphatic heterocycles. The van der Waals surface area contributed by atoms with Crippen LogP contribution in [0, 0.1) is 0 Å². The normalized spacial score (nSPS) is 13.4. The lowest BCUT2D eigenvalue weighted by Crippen LogP contribution is -2.35. The molecule has 2 aromatic carbocycles. The summed E-state index contributed by atoms with van der Waals surface area (Å²) in [5, 5.41) is 4.87. The van der Waals surface area contributed by atoms with E-state index in [2.05, 4.69) is 5.16 Å². The second-order valence-corrected chi connectivity index (χ2v) is 6.59. The SMILES string of the molecule is COc1cccc(C(=O)N2CCc3c(noc3-c3ccc(Cl)cc3)C2)c1. The van der Waals surface area contributed by atoms with Gasteiger partial charge in [-0.1, -0.05) is 22.8 Å². The molecular formula is C20H17ClN2O3. The molecule has 0 atom stereocenters. The summed E-state index contributed by atoms with van der Waals surface area (Å²) < 4.78 is 10.8. The number of hydrogen-bond donors (Lipinski definition) is 0. The maximum Gasteiger partial charge on any atom is 0.254 e. The van der Waals surface area contributed by atoms with E-state index in [1.165, 1.54) is 0 Å². The first-order valence-electron chi connectivity index (χ1n) is 8.32. The Morgan fingerprint density at radius 2 is 2.04 bits per heavy atom. The Bertz CT molecular complexity index is 950. The van der Waals surface area contributed by atoms with Gasteiger partial charge in [0, 0.05) is 28.3 Å². The Morgan fingerprint density at radius 3 is 2.81 bits per heavy atom. The zero-order valence-corrected chi connectivity index (χ0v) is 15.0. The second-order valence-electron chi connectivity index (χ2n) is 6.15. The summed E-state index contributed by atoms with van der Waals surface area (Å²) in [6.45, 7) is 1.05. The highest BCUT2D eigenvalue weighted by Crippen LogP contribution is 2.31. The van der Waals surface area contributed by atoms with Crippen molar-refractivity contribution in [2.45, 2.75) is 13.0 Å². The van der Waals surface area contributed by atoms with Crippen LogP contribution in [0.5, 0.6) is 5.75 Å². The molecule has 5 nitrogen and oxygen atoms in total. The number of halogens is 1.